The monoisotopic (exact) mass is 379 g/mol. The molecular formula is C25H17NOS. The molecule has 4 aromatic rings. The fourth-order valence-corrected chi connectivity index (χ4v) is 4.46. The van der Waals surface area contributed by atoms with Crippen molar-refractivity contribution in [2.75, 3.05) is 0 Å². The number of hydrogen-bond donors (Lipinski definition) is 0. The number of nitrogens with zero attached hydrogens (tertiary/aromatic N) is 1. The molecule has 134 valence electrons. The number of fused-ring (bicyclic) bond motifs is 2. The summed E-state index contributed by atoms with van der Waals surface area (Å²) in [7, 11) is 0. The SMILES string of the molecule is Cc1ccc(C2=NC(=O)/C(=C/c3c4ccccc4cc4ccccc34)S2)cc1. The molecule has 0 saturated carbocycles. The summed E-state index contributed by atoms with van der Waals surface area (Å²) in [5, 5.41) is 5.39. The number of amides is 1. The van der Waals surface area contributed by atoms with E-state index in [0.29, 0.717) is 4.91 Å². The van der Waals surface area contributed by atoms with Crippen LogP contribution < -0.4 is 0 Å². The van der Waals surface area contributed by atoms with Gasteiger partial charge >= 0.3 is 0 Å². The summed E-state index contributed by atoms with van der Waals surface area (Å²) in [6.45, 7) is 2.05. The second-order valence-electron chi connectivity index (χ2n) is 6.93. The minimum Gasteiger partial charge on any atom is -0.266 e. The maximum Gasteiger partial charge on any atom is 0.284 e. The Morgan fingerprint density at radius 2 is 1.43 bits per heavy atom. The van der Waals surface area contributed by atoms with E-state index < -0.39 is 0 Å². The van der Waals surface area contributed by atoms with E-state index in [-0.39, 0.29) is 5.91 Å². The number of thioether (sulfide) groups is 1. The van der Waals surface area contributed by atoms with Gasteiger partial charge in [-0.1, -0.05) is 90.1 Å². The van der Waals surface area contributed by atoms with E-state index in [1.807, 2.05) is 54.6 Å². The van der Waals surface area contributed by atoms with Crippen molar-refractivity contribution in [3.8, 4) is 0 Å². The third-order valence-corrected chi connectivity index (χ3v) is 6.04. The van der Waals surface area contributed by atoms with Crippen LogP contribution in [0.1, 0.15) is 16.7 Å². The Morgan fingerprint density at radius 1 is 0.821 bits per heavy atom. The molecule has 0 aliphatic carbocycles. The molecule has 2 nitrogen and oxygen atoms in total. The first-order valence-electron chi connectivity index (χ1n) is 9.19. The van der Waals surface area contributed by atoms with Gasteiger partial charge in [-0.25, -0.2) is 4.99 Å². The van der Waals surface area contributed by atoms with Gasteiger partial charge in [0.25, 0.3) is 5.91 Å². The molecule has 5 rings (SSSR count). The Hall–Kier alpha value is -3.17. The summed E-state index contributed by atoms with van der Waals surface area (Å²) in [6, 6.07) is 26.9. The van der Waals surface area contributed by atoms with Crippen LogP contribution in [0.5, 0.6) is 0 Å². The molecule has 0 aromatic heterocycles. The lowest BCUT2D eigenvalue weighted by molar-refractivity contribution is -0.113. The van der Waals surface area contributed by atoms with Crippen LogP contribution in [-0.4, -0.2) is 11.0 Å². The highest BCUT2D eigenvalue weighted by molar-refractivity contribution is 8.19. The van der Waals surface area contributed by atoms with Crippen molar-refractivity contribution in [3.05, 3.63) is 100 Å². The van der Waals surface area contributed by atoms with Crippen molar-refractivity contribution in [3.63, 3.8) is 0 Å². The van der Waals surface area contributed by atoms with E-state index in [4.69, 9.17) is 0 Å². The minimum atomic E-state index is -0.169. The molecule has 1 amide bonds. The van der Waals surface area contributed by atoms with E-state index in [1.54, 1.807) is 0 Å². The fourth-order valence-electron chi connectivity index (χ4n) is 3.56. The van der Waals surface area contributed by atoms with E-state index in [2.05, 4.69) is 42.2 Å². The van der Waals surface area contributed by atoms with Crippen molar-refractivity contribution in [2.45, 2.75) is 6.92 Å². The third-order valence-electron chi connectivity index (χ3n) is 5.01. The first-order valence-corrected chi connectivity index (χ1v) is 10.0. The molecule has 0 atom stereocenters. The average molecular weight is 379 g/mol. The molecule has 28 heavy (non-hydrogen) atoms. The van der Waals surface area contributed by atoms with Gasteiger partial charge in [0.05, 0.1) is 4.91 Å². The number of carbonyl (C=O) groups is 1. The zero-order valence-electron chi connectivity index (χ0n) is 15.3. The molecule has 0 unspecified atom stereocenters. The maximum atomic E-state index is 12.6. The first-order chi connectivity index (χ1) is 13.7. The van der Waals surface area contributed by atoms with E-state index in [1.165, 1.54) is 28.1 Å². The van der Waals surface area contributed by atoms with Gasteiger partial charge in [-0.05, 0) is 46.2 Å². The Labute approximate surface area is 167 Å². The van der Waals surface area contributed by atoms with Crippen LogP contribution in [0, 0.1) is 6.92 Å². The number of aliphatic imine (C=N–C) groups is 1. The molecule has 0 N–H and O–H groups in total. The normalized spacial score (nSPS) is 15.5. The second-order valence-corrected chi connectivity index (χ2v) is 7.96. The fraction of sp³-hybridized carbons (Fsp3) is 0.0400. The molecule has 1 heterocycles. The molecule has 0 saturated heterocycles. The lowest BCUT2D eigenvalue weighted by Crippen LogP contribution is -1.90. The molecule has 1 aliphatic heterocycles. The lowest BCUT2D eigenvalue weighted by atomic mass is 9.96. The van der Waals surface area contributed by atoms with Gasteiger partial charge in [-0.2, -0.15) is 0 Å². The molecule has 3 heteroatoms. The van der Waals surface area contributed by atoms with Crippen LogP contribution in [0.15, 0.2) is 88.8 Å². The minimum absolute atomic E-state index is 0.169. The second kappa shape index (κ2) is 6.77. The Kier molecular flexibility index (Phi) is 4.10. The number of benzene rings is 4. The maximum absolute atomic E-state index is 12.6. The van der Waals surface area contributed by atoms with Gasteiger partial charge in [0, 0.05) is 5.56 Å². The van der Waals surface area contributed by atoms with Gasteiger partial charge in [0.2, 0.25) is 0 Å². The Balaban J connectivity index is 1.64. The molecule has 0 bridgehead atoms. The zero-order chi connectivity index (χ0) is 19.1. The zero-order valence-corrected chi connectivity index (χ0v) is 16.2. The molecule has 0 spiro atoms. The smallest absolute Gasteiger partial charge is 0.266 e. The van der Waals surface area contributed by atoms with E-state index in [9.17, 15) is 4.79 Å². The highest BCUT2D eigenvalue weighted by Crippen LogP contribution is 2.36. The highest BCUT2D eigenvalue weighted by atomic mass is 32.2. The van der Waals surface area contributed by atoms with Crippen LogP contribution in [0.4, 0.5) is 0 Å². The first kappa shape index (κ1) is 17.0. The van der Waals surface area contributed by atoms with Crippen molar-refractivity contribution in [1.82, 2.24) is 0 Å². The summed E-state index contributed by atoms with van der Waals surface area (Å²) in [6.07, 6.45) is 2.00. The Bertz CT molecular complexity index is 1250. The van der Waals surface area contributed by atoms with Gasteiger partial charge in [-0.15, -0.1) is 0 Å². The summed E-state index contributed by atoms with van der Waals surface area (Å²) >= 11 is 1.45. The summed E-state index contributed by atoms with van der Waals surface area (Å²) in [5.74, 6) is -0.169. The number of aryl methyl sites for hydroxylation is 1. The lowest BCUT2D eigenvalue weighted by Gasteiger charge is -2.09. The van der Waals surface area contributed by atoms with Crippen LogP contribution >= 0.6 is 11.8 Å². The largest absolute Gasteiger partial charge is 0.284 e. The topological polar surface area (TPSA) is 29.4 Å². The van der Waals surface area contributed by atoms with Crippen LogP contribution in [0.25, 0.3) is 27.6 Å². The van der Waals surface area contributed by atoms with Gasteiger partial charge < -0.3 is 0 Å². The van der Waals surface area contributed by atoms with Gasteiger partial charge in [0.15, 0.2) is 0 Å². The average Bonchev–Trinajstić information content (AvgIpc) is 3.08. The molecule has 4 aromatic carbocycles. The van der Waals surface area contributed by atoms with Crippen LogP contribution in [-0.2, 0) is 4.79 Å². The van der Waals surface area contributed by atoms with Crippen molar-refractivity contribution in [1.29, 1.82) is 0 Å². The van der Waals surface area contributed by atoms with Crippen molar-refractivity contribution >= 4 is 50.3 Å². The van der Waals surface area contributed by atoms with E-state index >= 15 is 0 Å². The standard InChI is InChI=1S/C25H17NOS/c1-16-10-12-17(13-11-16)25-26-24(27)23(28-25)15-22-20-8-4-2-6-18(20)14-19-7-3-5-9-21(19)22/h2-15H,1H3/b23-15-. The van der Waals surface area contributed by atoms with Gasteiger partial charge in [0.1, 0.15) is 5.04 Å². The molecule has 1 aliphatic rings. The van der Waals surface area contributed by atoms with Gasteiger partial charge in [-0.3, -0.25) is 4.79 Å². The summed E-state index contributed by atoms with van der Waals surface area (Å²) in [4.78, 5) is 17.6. The molecule has 0 radical (unpaired) electrons. The predicted octanol–water partition coefficient (Wildman–Crippen LogP) is 6.36. The number of hydrogen-bond acceptors (Lipinski definition) is 2. The Morgan fingerprint density at radius 3 is 2.07 bits per heavy atom. The number of rotatable bonds is 2. The molecular weight excluding hydrogens is 362 g/mol. The number of carbonyl (C=O) groups excluding carboxylic acids is 1. The quantitative estimate of drug-likeness (QED) is 0.299. The van der Waals surface area contributed by atoms with Crippen LogP contribution in [0.3, 0.4) is 0 Å². The predicted molar refractivity (Wildman–Crippen MR) is 120 cm³/mol. The highest BCUT2D eigenvalue weighted by Gasteiger charge is 2.23. The summed E-state index contributed by atoms with van der Waals surface area (Å²) in [5.41, 5.74) is 3.25. The van der Waals surface area contributed by atoms with Crippen LogP contribution in [0.2, 0.25) is 0 Å². The third kappa shape index (κ3) is 2.94. The summed E-state index contributed by atoms with van der Waals surface area (Å²) < 4.78 is 0. The van der Waals surface area contributed by atoms with Crippen molar-refractivity contribution < 1.29 is 4.79 Å². The molecule has 0 fully saturated rings. The van der Waals surface area contributed by atoms with Crippen molar-refractivity contribution in [2.24, 2.45) is 4.99 Å². The van der Waals surface area contributed by atoms with E-state index in [0.717, 1.165) is 26.9 Å².